The second kappa shape index (κ2) is 5.46. The van der Waals surface area contributed by atoms with Gasteiger partial charge in [0.15, 0.2) is 0 Å². The number of rotatable bonds is 4. The van der Waals surface area contributed by atoms with Gasteiger partial charge in [-0.3, -0.25) is 0 Å². The van der Waals surface area contributed by atoms with Crippen LogP contribution >= 0.6 is 0 Å². The predicted molar refractivity (Wildman–Crippen MR) is 68.3 cm³/mol. The molecule has 0 bridgehead atoms. The fraction of sp³-hybridized carbons (Fsp3) is 0.571. The lowest BCUT2D eigenvalue weighted by molar-refractivity contribution is 0.0850. The summed E-state index contributed by atoms with van der Waals surface area (Å²) >= 11 is 0. The van der Waals surface area contributed by atoms with Gasteiger partial charge in [-0.05, 0) is 43.0 Å². The Balaban J connectivity index is 3.08. The van der Waals surface area contributed by atoms with Crippen molar-refractivity contribution < 1.29 is 5.11 Å². The zero-order valence-corrected chi connectivity index (χ0v) is 10.7. The zero-order chi connectivity index (χ0) is 12.3. The van der Waals surface area contributed by atoms with E-state index in [-0.39, 0.29) is 5.92 Å². The molecule has 0 radical (unpaired) electrons. The van der Waals surface area contributed by atoms with E-state index in [1.807, 2.05) is 32.0 Å². The van der Waals surface area contributed by atoms with Crippen LogP contribution in [0.1, 0.15) is 36.6 Å². The Morgan fingerprint density at radius 3 is 2.06 bits per heavy atom. The Kier molecular flexibility index (Phi) is 4.51. The lowest BCUT2D eigenvalue weighted by atomic mass is 9.83. The van der Waals surface area contributed by atoms with Gasteiger partial charge in [-0.15, -0.1) is 0 Å². The number of hydrogen-bond acceptors (Lipinski definition) is 2. The van der Waals surface area contributed by atoms with Gasteiger partial charge in [0.2, 0.25) is 0 Å². The van der Waals surface area contributed by atoms with Crippen molar-refractivity contribution in [2.45, 2.75) is 33.8 Å². The molecule has 2 heteroatoms. The van der Waals surface area contributed by atoms with Gasteiger partial charge in [-0.2, -0.15) is 0 Å². The molecule has 2 nitrogen and oxygen atoms in total. The van der Waals surface area contributed by atoms with Crippen LogP contribution in [0, 0.1) is 25.7 Å². The van der Waals surface area contributed by atoms with Crippen molar-refractivity contribution >= 4 is 0 Å². The van der Waals surface area contributed by atoms with Crippen LogP contribution in [0.15, 0.2) is 18.2 Å². The predicted octanol–water partition coefficient (Wildman–Crippen LogP) is 2.57. The monoisotopic (exact) mass is 221 g/mol. The van der Waals surface area contributed by atoms with E-state index < -0.39 is 6.10 Å². The third-order valence-corrected chi connectivity index (χ3v) is 3.37. The minimum atomic E-state index is -0.453. The fourth-order valence-electron chi connectivity index (χ4n) is 2.27. The molecule has 0 saturated heterocycles. The first-order valence-electron chi connectivity index (χ1n) is 5.93. The van der Waals surface area contributed by atoms with Crippen LogP contribution in [-0.4, -0.2) is 11.7 Å². The summed E-state index contributed by atoms with van der Waals surface area (Å²) in [6.07, 6.45) is -0.453. The van der Waals surface area contributed by atoms with Crippen LogP contribution in [0.4, 0.5) is 0 Å². The largest absolute Gasteiger partial charge is 0.388 e. The first-order chi connectivity index (χ1) is 7.49. The molecule has 0 heterocycles. The van der Waals surface area contributed by atoms with Crippen molar-refractivity contribution in [2.75, 3.05) is 6.54 Å². The highest BCUT2D eigenvalue weighted by molar-refractivity contribution is 5.35. The Morgan fingerprint density at radius 1 is 1.19 bits per heavy atom. The minimum absolute atomic E-state index is 0.125. The average molecular weight is 221 g/mol. The Labute approximate surface area is 98.5 Å². The van der Waals surface area contributed by atoms with Crippen LogP contribution in [-0.2, 0) is 0 Å². The first kappa shape index (κ1) is 13.2. The van der Waals surface area contributed by atoms with E-state index in [2.05, 4.69) is 13.8 Å². The summed E-state index contributed by atoms with van der Waals surface area (Å²) in [6, 6.07) is 6.10. The molecule has 0 aliphatic carbocycles. The standard InChI is InChI=1S/C14H23NO/c1-9(2)12(8-15)14(16)13-10(3)6-5-7-11(13)4/h5-7,9,12,14,16H,8,15H2,1-4H3. The van der Waals surface area contributed by atoms with Gasteiger partial charge in [0.05, 0.1) is 6.10 Å². The van der Waals surface area contributed by atoms with Gasteiger partial charge in [-0.1, -0.05) is 32.0 Å². The van der Waals surface area contributed by atoms with E-state index in [4.69, 9.17) is 5.73 Å². The molecule has 1 aromatic rings. The maximum absolute atomic E-state index is 10.4. The van der Waals surface area contributed by atoms with Gasteiger partial charge >= 0.3 is 0 Å². The lowest BCUT2D eigenvalue weighted by Gasteiger charge is -2.27. The normalized spacial score (nSPS) is 15.2. The summed E-state index contributed by atoms with van der Waals surface area (Å²) in [4.78, 5) is 0. The molecule has 0 saturated carbocycles. The van der Waals surface area contributed by atoms with Crippen molar-refractivity contribution in [1.29, 1.82) is 0 Å². The van der Waals surface area contributed by atoms with Crippen LogP contribution in [0.25, 0.3) is 0 Å². The van der Waals surface area contributed by atoms with E-state index in [0.29, 0.717) is 12.5 Å². The number of aliphatic hydroxyl groups excluding tert-OH is 1. The third-order valence-electron chi connectivity index (χ3n) is 3.37. The van der Waals surface area contributed by atoms with E-state index in [1.54, 1.807) is 0 Å². The van der Waals surface area contributed by atoms with Gasteiger partial charge in [0.25, 0.3) is 0 Å². The zero-order valence-electron chi connectivity index (χ0n) is 10.7. The molecule has 16 heavy (non-hydrogen) atoms. The molecule has 1 aromatic carbocycles. The Hall–Kier alpha value is -0.860. The highest BCUT2D eigenvalue weighted by Gasteiger charge is 2.24. The second-order valence-electron chi connectivity index (χ2n) is 4.89. The van der Waals surface area contributed by atoms with Gasteiger partial charge < -0.3 is 10.8 Å². The molecular weight excluding hydrogens is 198 g/mol. The molecule has 3 N–H and O–H groups in total. The van der Waals surface area contributed by atoms with Crippen LogP contribution < -0.4 is 5.73 Å². The van der Waals surface area contributed by atoms with Crippen LogP contribution in [0.5, 0.6) is 0 Å². The topological polar surface area (TPSA) is 46.2 Å². The number of aliphatic hydroxyl groups is 1. The van der Waals surface area contributed by atoms with Crippen molar-refractivity contribution in [2.24, 2.45) is 17.6 Å². The van der Waals surface area contributed by atoms with Gasteiger partial charge in [0, 0.05) is 5.92 Å². The van der Waals surface area contributed by atoms with E-state index in [1.165, 1.54) is 0 Å². The quantitative estimate of drug-likeness (QED) is 0.821. The van der Waals surface area contributed by atoms with Gasteiger partial charge in [-0.25, -0.2) is 0 Å². The molecule has 0 amide bonds. The maximum Gasteiger partial charge on any atom is 0.0837 e. The van der Waals surface area contributed by atoms with Gasteiger partial charge in [0.1, 0.15) is 0 Å². The summed E-state index contributed by atoms with van der Waals surface area (Å²) in [5.41, 5.74) is 9.09. The smallest absolute Gasteiger partial charge is 0.0837 e. The molecule has 0 spiro atoms. The van der Waals surface area contributed by atoms with Crippen LogP contribution in [0.3, 0.4) is 0 Å². The molecule has 2 atom stereocenters. The number of nitrogens with two attached hydrogens (primary N) is 1. The number of hydrogen-bond donors (Lipinski definition) is 2. The van der Waals surface area contributed by atoms with Crippen molar-refractivity contribution in [3.63, 3.8) is 0 Å². The third kappa shape index (κ3) is 2.63. The van der Waals surface area contributed by atoms with E-state index in [9.17, 15) is 5.11 Å². The van der Waals surface area contributed by atoms with Crippen molar-refractivity contribution in [3.05, 3.63) is 34.9 Å². The highest BCUT2D eigenvalue weighted by atomic mass is 16.3. The first-order valence-corrected chi connectivity index (χ1v) is 5.93. The maximum atomic E-state index is 10.4. The molecule has 0 aromatic heterocycles. The molecule has 0 aliphatic heterocycles. The highest BCUT2D eigenvalue weighted by Crippen LogP contribution is 2.31. The van der Waals surface area contributed by atoms with Crippen molar-refractivity contribution in [1.82, 2.24) is 0 Å². The molecule has 0 aliphatic rings. The van der Waals surface area contributed by atoms with Crippen LogP contribution in [0.2, 0.25) is 0 Å². The minimum Gasteiger partial charge on any atom is -0.388 e. The molecular formula is C14H23NO. The van der Waals surface area contributed by atoms with E-state index >= 15 is 0 Å². The Morgan fingerprint density at radius 2 is 1.69 bits per heavy atom. The average Bonchev–Trinajstić information content (AvgIpc) is 2.17. The number of benzene rings is 1. The summed E-state index contributed by atoms with van der Waals surface area (Å²) in [7, 11) is 0. The van der Waals surface area contributed by atoms with Crippen molar-refractivity contribution in [3.8, 4) is 0 Å². The fourth-order valence-corrected chi connectivity index (χ4v) is 2.27. The molecule has 0 fully saturated rings. The summed E-state index contributed by atoms with van der Waals surface area (Å²) < 4.78 is 0. The summed E-state index contributed by atoms with van der Waals surface area (Å²) in [5, 5.41) is 10.4. The molecule has 1 rings (SSSR count). The lowest BCUT2D eigenvalue weighted by Crippen LogP contribution is -2.27. The van der Waals surface area contributed by atoms with E-state index in [0.717, 1.165) is 16.7 Å². The Bertz CT molecular complexity index is 326. The molecule has 2 unspecified atom stereocenters. The SMILES string of the molecule is Cc1cccc(C)c1C(O)C(CN)C(C)C. The summed E-state index contributed by atoms with van der Waals surface area (Å²) in [5.74, 6) is 0.513. The molecule has 90 valence electrons. The summed E-state index contributed by atoms with van der Waals surface area (Å²) in [6.45, 7) is 8.81. The second-order valence-corrected chi connectivity index (χ2v) is 4.89. The number of aryl methyl sites for hydroxylation is 2.